The van der Waals surface area contributed by atoms with Gasteiger partial charge in [-0.15, -0.1) is 0 Å². The molecular weight excluding hydrogens is 619 g/mol. The summed E-state index contributed by atoms with van der Waals surface area (Å²) in [5.41, 5.74) is 8.29. The fourth-order valence-corrected chi connectivity index (χ4v) is 12.0. The molecule has 0 heterocycles. The minimum Gasteiger partial charge on any atom is -0.311 e. The first-order chi connectivity index (χ1) is 24.8. The number of hydrogen-bond donors (Lipinski definition) is 0. The second-order valence-corrected chi connectivity index (χ2v) is 16.4. The summed E-state index contributed by atoms with van der Waals surface area (Å²) in [5, 5.41) is 5.43. The van der Waals surface area contributed by atoms with Crippen molar-refractivity contribution in [2.75, 3.05) is 4.90 Å². The van der Waals surface area contributed by atoms with E-state index in [1.807, 2.05) is 0 Å². The second kappa shape index (κ2) is 14.1. The summed E-state index contributed by atoms with van der Waals surface area (Å²) in [5.74, 6) is 0. The summed E-state index contributed by atoms with van der Waals surface area (Å²) in [6, 6.07) is 81.7. The van der Waals surface area contributed by atoms with Gasteiger partial charge in [-0.25, -0.2) is 0 Å². The summed E-state index contributed by atoms with van der Waals surface area (Å²) in [4.78, 5) is 2.33. The molecule has 0 aliphatic carbocycles. The van der Waals surface area contributed by atoms with Crippen LogP contribution in [0.2, 0.25) is 0 Å². The van der Waals surface area contributed by atoms with Crippen LogP contribution in [0.15, 0.2) is 224 Å². The van der Waals surface area contributed by atoms with Gasteiger partial charge in [0.1, 0.15) is 0 Å². The average molecular weight is 656 g/mol. The molecule has 0 radical (unpaired) electrons. The molecule has 0 aromatic heterocycles. The molecule has 0 aliphatic heterocycles. The number of nitrogens with zero attached hydrogens (tertiary/aromatic N) is 1. The molecular formula is C48H37NSi. The quantitative estimate of drug-likeness (QED) is 0.111. The van der Waals surface area contributed by atoms with E-state index in [0.29, 0.717) is 0 Å². The third kappa shape index (κ3) is 5.98. The Morgan fingerprint density at radius 3 is 0.880 bits per heavy atom. The van der Waals surface area contributed by atoms with Gasteiger partial charge >= 0.3 is 0 Å². The predicted molar refractivity (Wildman–Crippen MR) is 216 cm³/mol. The van der Waals surface area contributed by atoms with Gasteiger partial charge in [-0.05, 0) is 79.4 Å². The lowest BCUT2D eigenvalue weighted by molar-refractivity contribution is 1.28. The summed E-state index contributed by atoms with van der Waals surface area (Å²) in [7, 11) is -2.71. The molecule has 0 unspecified atom stereocenters. The topological polar surface area (TPSA) is 3.24 Å². The van der Waals surface area contributed by atoms with E-state index < -0.39 is 8.07 Å². The maximum atomic E-state index is 2.38. The van der Waals surface area contributed by atoms with Crippen molar-refractivity contribution in [2.45, 2.75) is 0 Å². The van der Waals surface area contributed by atoms with E-state index in [0.717, 1.165) is 17.1 Å². The van der Waals surface area contributed by atoms with Crippen LogP contribution in [0.25, 0.3) is 22.3 Å². The number of para-hydroxylation sites is 2. The van der Waals surface area contributed by atoms with Crippen molar-refractivity contribution >= 4 is 45.9 Å². The van der Waals surface area contributed by atoms with Crippen LogP contribution in [0.5, 0.6) is 0 Å². The number of benzene rings is 8. The molecule has 0 saturated heterocycles. The summed E-state index contributed by atoms with van der Waals surface area (Å²) >= 11 is 0. The van der Waals surface area contributed by atoms with Gasteiger partial charge in [0.05, 0.1) is 0 Å². The van der Waals surface area contributed by atoms with E-state index in [1.165, 1.54) is 43.0 Å². The molecule has 50 heavy (non-hydrogen) atoms. The van der Waals surface area contributed by atoms with Gasteiger partial charge in [-0.3, -0.25) is 0 Å². The van der Waals surface area contributed by atoms with Crippen molar-refractivity contribution in [1.29, 1.82) is 0 Å². The Labute approximate surface area is 296 Å². The number of rotatable bonds is 9. The van der Waals surface area contributed by atoms with Gasteiger partial charge in [-0.1, -0.05) is 188 Å². The van der Waals surface area contributed by atoms with Gasteiger partial charge in [0.25, 0.3) is 0 Å². The zero-order valence-corrected chi connectivity index (χ0v) is 28.8. The van der Waals surface area contributed by atoms with Gasteiger partial charge in [0, 0.05) is 17.1 Å². The Hall–Kier alpha value is -6.22. The molecule has 0 spiro atoms. The molecule has 0 bridgehead atoms. The molecule has 238 valence electrons. The highest BCUT2D eigenvalue weighted by Gasteiger charge is 2.41. The van der Waals surface area contributed by atoms with Crippen LogP contribution in [0, 0.1) is 0 Å². The van der Waals surface area contributed by atoms with E-state index in [4.69, 9.17) is 0 Å². The largest absolute Gasteiger partial charge is 0.311 e. The Balaban J connectivity index is 1.25. The monoisotopic (exact) mass is 655 g/mol. The minimum atomic E-state index is -2.71. The van der Waals surface area contributed by atoms with Crippen molar-refractivity contribution in [3.8, 4) is 22.3 Å². The molecule has 0 fully saturated rings. The van der Waals surface area contributed by atoms with Crippen LogP contribution < -0.4 is 25.6 Å². The zero-order chi connectivity index (χ0) is 33.6. The Kier molecular flexibility index (Phi) is 8.76. The van der Waals surface area contributed by atoms with E-state index in [9.17, 15) is 0 Å². The van der Waals surface area contributed by atoms with Crippen LogP contribution in [0.4, 0.5) is 17.1 Å². The molecule has 8 rings (SSSR count). The van der Waals surface area contributed by atoms with Gasteiger partial charge in [0.2, 0.25) is 0 Å². The SMILES string of the molecule is c1ccc(-c2ccc(-c3ccc([Si](c4ccccc4)(c4ccccc4)c4ccc(N(c5ccccc5)c5ccccc5)cc4)cc3)cc2)cc1. The Morgan fingerprint density at radius 2 is 0.480 bits per heavy atom. The highest BCUT2D eigenvalue weighted by Crippen LogP contribution is 2.34. The first-order valence-corrected chi connectivity index (χ1v) is 19.2. The lowest BCUT2D eigenvalue weighted by Gasteiger charge is -2.35. The van der Waals surface area contributed by atoms with Gasteiger partial charge < -0.3 is 4.90 Å². The Morgan fingerprint density at radius 1 is 0.220 bits per heavy atom. The average Bonchev–Trinajstić information content (AvgIpc) is 3.21. The molecule has 0 saturated carbocycles. The number of anilines is 3. The first kappa shape index (κ1) is 31.1. The molecule has 0 aliphatic rings. The van der Waals surface area contributed by atoms with E-state index in [2.05, 4.69) is 229 Å². The van der Waals surface area contributed by atoms with Crippen LogP contribution in [0.3, 0.4) is 0 Å². The fraction of sp³-hybridized carbons (Fsp3) is 0. The maximum absolute atomic E-state index is 2.71. The molecule has 8 aromatic carbocycles. The maximum Gasteiger partial charge on any atom is 0.179 e. The van der Waals surface area contributed by atoms with E-state index >= 15 is 0 Å². The fourth-order valence-electron chi connectivity index (χ4n) is 7.24. The summed E-state index contributed by atoms with van der Waals surface area (Å²) < 4.78 is 0. The Bertz CT molecular complexity index is 2170. The third-order valence-electron chi connectivity index (χ3n) is 9.64. The van der Waals surface area contributed by atoms with E-state index in [-0.39, 0.29) is 0 Å². The summed E-state index contributed by atoms with van der Waals surface area (Å²) in [6.45, 7) is 0. The number of hydrogen-bond acceptors (Lipinski definition) is 1. The van der Waals surface area contributed by atoms with Gasteiger partial charge in [0.15, 0.2) is 8.07 Å². The smallest absolute Gasteiger partial charge is 0.179 e. The molecule has 1 nitrogen and oxygen atoms in total. The third-order valence-corrected chi connectivity index (χ3v) is 14.4. The molecule has 0 amide bonds. The molecule has 0 atom stereocenters. The van der Waals surface area contributed by atoms with Crippen LogP contribution in [-0.2, 0) is 0 Å². The normalized spacial score (nSPS) is 11.2. The lowest BCUT2D eigenvalue weighted by Crippen LogP contribution is -2.74. The van der Waals surface area contributed by atoms with Crippen molar-refractivity contribution in [1.82, 2.24) is 0 Å². The highest BCUT2D eigenvalue weighted by atomic mass is 28.3. The molecule has 0 N–H and O–H groups in total. The molecule has 8 aromatic rings. The zero-order valence-electron chi connectivity index (χ0n) is 27.8. The van der Waals surface area contributed by atoms with Crippen molar-refractivity contribution in [3.05, 3.63) is 224 Å². The predicted octanol–water partition coefficient (Wildman–Crippen LogP) is 9.87. The van der Waals surface area contributed by atoms with Gasteiger partial charge in [-0.2, -0.15) is 0 Å². The molecule has 2 heteroatoms. The highest BCUT2D eigenvalue weighted by molar-refractivity contribution is 7.19. The summed E-state index contributed by atoms with van der Waals surface area (Å²) in [6.07, 6.45) is 0. The lowest BCUT2D eigenvalue weighted by atomic mass is 10.0. The minimum absolute atomic E-state index is 1.13. The van der Waals surface area contributed by atoms with Crippen LogP contribution in [0.1, 0.15) is 0 Å². The van der Waals surface area contributed by atoms with Crippen molar-refractivity contribution in [2.24, 2.45) is 0 Å². The second-order valence-electron chi connectivity index (χ2n) is 12.6. The van der Waals surface area contributed by atoms with Crippen molar-refractivity contribution < 1.29 is 0 Å². The standard InChI is InChI=1S/C48H37NSi/c1-6-16-38(17-7-1)39-26-28-40(29-27-39)41-30-34-47(35-31-41)50(45-22-12-4-13-23-45,46-24-14-5-15-25-46)48-36-32-44(33-37-48)49(42-18-8-2-9-19-42)43-20-10-3-11-21-43/h1-37H. The van der Waals surface area contributed by atoms with E-state index in [1.54, 1.807) is 0 Å². The van der Waals surface area contributed by atoms with Crippen molar-refractivity contribution in [3.63, 3.8) is 0 Å². The van der Waals surface area contributed by atoms with Crippen LogP contribution >= 0.6 is 0 Å². The first-order valence-electron chi connectivity index (χ1n) is 17.2. The van der Waals surface area contributed by atoms with Crippen LogP contribution in [-0.4, -0.2) is 8.07 Å².